The highest BCUT2D eigenvalue weighted by molar-refractivity contribution is 4.92. The molecule has 1 heterocycles. The molecule has 5 rings (SSSR count). The van der Waals surface area contributed by atoms with Crippen LogP contribution in [0.15, 0.2) is 0 Å². The molecule has 0 unspecified atom stereocenters. The van der Waals surface area contributed by atoms with Crippen LogP contribution in [0.1, 0.15) is 51.4 Å². The van der Waals surface area contributed by atoms with E-state index in [0.29, 0.717) is 0 Å². The molecule has 0 aromatic rings. The van der Waals surface area contributed by atoms with Gasteiger partial charge in [0.05, 0.1) is 0 Å². The second-order valence-corrected chi connectivity index (χ2v) is 6.34. The molecule has 5 aliphatic rings. The molecule has 4 aliphatic carbocycles. The minimum Gasteiger partial charge on any atom is -0.317 e. The third-order valence-electron chi connectivity index (χ3n) is 4.96. The number of rotatable bonds is 0. The summed E-state index contributed by atoms with van der Waals surface area (Å²) in [6.45, 7) is 2.50. The average molecular weight is 207 g/mol. The summed E-state index contributed by atoms with van der Waals surface area (Å²) >= 11 is 0. The van der Waals surface area contributed by atoms with Gasteiger partial charge in [0.1, 0.15) is 0 Å². The number of hydrogen-bond acceptors (Lipinski definition) is 1. The molecule has 1 heteroatoms. The summed E-state index contributed by atoms with van der Waals surface area (Å²) < 4.78 is 0. The lowest BCUT2D eigenvalue weighted by Gasteiger charge is -2.49. The molecule has 4 saturated carbocycles. The van der Waals surface area contributed by atoms with E-state index in [9.17, 15) is 0 Å². The van der Waals surface area contributed by atoms with Crippen LogP contribution in [0.3, 0.4) is 0 Å². The van der Waals surface area contributed by atoms with Crippen LogP contribution in [0, 0.1) is 23.7 Å². The van der Waals surface area contributed by atoms with Gasteiger partial charge in [-0.2, -0.15) is 0 Å². The standard InChI is InChI=1S/C10H16.C4H9N/c1-7-2-9-4-8(1)5-10(3-7)6-9;1-2-4-5-3-1/h7-10H,1-6H2;5H,1-4H2. The Hall–Kier alpha value is -0.0400. The third-order valence-corrected chi connectivity index (χ3v) is 4.96. The SMILES string of the molecule is C1C2CC3CC1CC(C2)C3.C1CCNC1. The van der Waals surface area contributed by atoms with Crippen LogP contribution in [-0.2, 0) is 0 Å². The minimum atomic E-state index is 1.18. The van der Waals surface area contributed by atoms with Gasteiger partial charge in [0.25, 0.3) is 0 Å². The Morgan fingerprint density at radius 1 is 0.533 bits per heavy atom. The van der Waals surface area contributed by atoms with Crippen LogP contribution in [0.5, 0.6) is 0 Å². The van der Waals surface area contributed by atoms with E-state index in [0.717, 1.165) is 0 Å². The average Bonchev–Trinajstić information content (AvgIpc) is 2.72. The summed E-state index contributed by atoms with van der Waals surface area (Å²) in [5.74, 6) is 4.71. The molecule has 0 spiro atoms. The van der Waals surface area contributed by atoms with Gasteiger partial charge in [-0.05, 0) is 88.1 Å². The predicted molar refractivity (Wildman–Crippen MR) is 63.8 cm³/mol. The first-order valence-electron chi connectivity index (χ1n) is 7.11. The van der Waals surface area contributed by atoms with E-state index in [-0.39, 0.29) is 0 Å². The lowest BCUT2D eigenvalue weighted by atomic mass is 9.56. The Balaban J connectivity index is 0.000000123. The fraction of sp³-hybridized carbons (Fsp3) is 1.00. The fourth-order valence-electron chi connectivity index (χ4n) is 4.61. The predicted octanol–water partition coefficient (Wildman–Crippen LogP) is 3.20. The zero-order chi connectivity index (χ0) is 10.1. The van der Waals surface area contributed by atoms with Crippen molar-refractivity contribution in [3.63, 3.8) is 0 Å². The molecule has 15 heavy (non-hydrogen) atoms. The van der Waals surface area contributed by atoms with E-state index < -0.39 is 0 Å². The van der Waals surface area contributed by atoms with Gasteiger partial charge in [-0.15, -0.1) is 0 Å². The lowest BCUT2D eigenvalue weighted by molar-refractivity contribution is 0.0198. The van der Waals surface area contributed by atoms with E-state index in [4.69, 9.17) is 0 Å². The van der Waals surface area contributed by atoms with Crippen molar-refractivity contribution in [2.24, 2.45) is 23.7 Å². The van der Waals surface area contributed by atoms with Gasteiger partial charge >= 0.3 is 0 Å². The first-order valence-corrected chi connectivity index (χ1v) is 7.11. The molecular weight excluding hydrogens is 182 g/mol. The Morgan fingerprint density at radius 3 is 1.07 bits per heavy atom. The van der Waals surface area contributed by atoms with Gasteiger partial charge in [0.2, 0.25) is 0 Å². The topological polar surface area (TPSA) is 12.0 Å². The highest BCUT2D eigenvalue weighted by atomic mass is 14.9. The summed E-state index contributed by atoms with van der Waals surface area (Å²) in [4.78, 5) is 0. The van der Waals surface area contributed by atoms with Gasteiger partial charge in [-0.25, -0.2) is 0 Å². The van der Waals surface area contributed by atoms with Crippen molar-refractivity contribution in [3.8, 4) is 0 Å². The Morgan fingerprint density at radius 2 is 0.867 bits per heavy atom. The third kappa shape index (κ3) is 2.38. The second kappa shape index (κ2) is 4.45. The quantitative estimate of drug-likeness (QED) is 0.643. The minimum absolute atomic E-state index is 1.18. The van der Waals surface area contributed by atoms with Crippen LogP contribution in [-0.4, -0.2) is 13.1 Å². The van der Waals surface area contributed by atoms with E-state index in [2.05, 4.69) is 5.32 Å². The van der Waals surface area contributed by atoms with Crippen LogP contribution in [0.25, 0.3) is 0 Å². The molecule has 0 aromatic carbocycles. The van der Waals surface area contributed by atoms with E-state index in [1.54, 1.807) is 38.5 Å². The van der Waals surface area contributed by atoms with Crippen molar-refractivity contribution >= 4 is 0 Å². The highest BCUT2D eigenvalue weighted by Gasteiger charge is 2.41. The molecule has 1 saturated heterocycles. The molecule has 86 valence electrons. The molecule has 4 bridgehead atoms. The van der Waals surface area contributed by atoms with Crippen molar-refractivity contribution in [1.29, 1.82) is 0 Å². The van der Waals surface area contributed by atoms with Crippen molar-refractivity contribution < 1.29 is 0 Å². The van der Waals surface area contributed by atoms with Gasteiger partial charge in [0.15, 0.2) is 0 Å². The molecule has 1 nitrogen and oxygen atoms in total. The molecule has 0 aromatic heterocycles. The van der Waals surface area contributed by atoms with Crippen molar-refractivity contribution in [2.45, 2.75) is 51.4 Å². The molecule has 0 amide bonds. The van der Waals surface area contributed by atoms with Crippen LogP contribution >= 0.6 is 0 Å². The summed E-state index contributed by atoms with van der Waals surface area (Å²) in [5, 5.41) is 3.22. The summed E-state index contributed by atoms with van der Waals surface area (Å²) in [6.07, 6.45) is 12.4. The zero-order valence-corrected chi connectivity index (χ0v) is 9.88. The van der Waals surface area contributed by atoms with Crippen LogP contribution < -0.4 is 5.32 Å². The smallest absolute Gasteiger partial charge is 0.00484 e. The second-order valence-electron chi connectivity index (χ2n) is 6.34. The van der Waals surface area contributed by atoms with Crippen molar-refractivity contribution in [3.05, 3.63) is 0 Å². The zero-order valence-electron chi connectivity index (χ0n) is 9.88. The summed E-state index contributed by atoms with van der Waals surface area (Å²) in [6, 6.07) is 0. The van der Waals surface area contributed by atoms with Gasteiger partial charge in [0, 0.05) is 0 Å². The van der Waals surface area contributed by atoms with Gasteiger partial charge < -0.3 is 5.32 Å². The molecule has 0 radical (unpaired) electrons. The maximum Gasteiger partial charge on any atom is -0.00484 e. The van der Waals surface area contributed by atoms with E-state index in [1.807, 2.05) is 0 Å². The molecule has 1 N–H and O–H groups in total. The largest absolute Gasteiger partial charge is 0.317 e. The first-order chi connectivity index (χ1) is 7.40. The molecule has 5 fully saturated rings. The van der Waals surface area contributed by atoms with Crippen molar-refractivity contribution in [2.75, 3.05) is 13.1 Å². The molecule has 1 aliphatic heterocycles. The summed E-state index contributed by atoms with van der Waals surface area (Å²) in [7, 11) is 0. The number of hydrogen-bond donors (Lipinski definition) is 1. The first kappa shape index (κ1) is 10.1. The van der Waals surface area contributed by atoms with Crippen molar-refractivity contribution in [1.82, 2.24) is 5.32 Å². The van der Waals surface area contributed by atoms with Crippen LogP contribution in [0.2, 0.25) is 0 Å². The maximum atomic E-state index is 3.22. The lowest BCUT2D eigenvalue weighted by Crippen LogP contribution is -2.38. The highest BCUT2D eigenvalue weighted by Crippen LogP contribution is 2.53. The Bertz CT molecular complexity index is 143. The van der Waals surface area contributed by atoms with E-state index >= 15 is 0 Å². The van der Waals surface area contributed by atoms with Crippen LogP contribution in [0.4, 0.5) is 0 Å². The molecule has 0 atom stereocenters. The maximum absolute atomic E-state index is 3.22. The Kier molecular flexibility index (Phi) is 3.01. The Labute approximate surface area is 94.0 Å². The monoisotopic (exact) mass is 207 g/mol. The number of nitrogens with one attached hydrogen (secondary N) is 1. The fourth-order valence-corrected chi connectivity index (χ4v) is 4.61. The van der Waals surface area contributed by atoms with Gasteiger partial charge in [-0.3, -0.25) is 0 Å². The summed E-state index contributed by atoms with van der Waals surface area (Å²) in [5.41, 5.74) is 0. The van der Waals surface area contributed by atoms with Gasteiger partial charge in [-0.1, -0.05) is 0 Å². The normalized spacial score (nSPS) is 46.4. The van der Waals surface area contributed by atoms with E-state index in [1.165, 1.54) is 49.6 Å². The molecular formula is C14H25N.